The first-order valence-corrected chi connectivity index (χ1v) is 10.4. The van der Waals surface area contributed by atoms with E-state index in [9.17, 15) is 9.59 Å². The topological polar surface area (TPSA) is 74.3 Å². The van der Waals surface area contributed by atoms with E-state index >= 15 is 0 Å². The second-order valence-electron chi connectivity index (χ2n) is 9.15. The van der Waals surface area contributed by atoms with Gasteiger partial charge in [0.1, 0.15) is 5.76 Å². The third-order valence-corrected chi connectivity index (χ3v) is 8.06. The third-order valence-electron chi connectivity index (χ3n) is 8.06. The van der Waals surface area contributed by atoms with Crippen molar-refractivity contribution in [2.24, 2.45) is 17.8 Å². The number of ether oxygens (including phenoxy) is 4. The van der Waals surface area contributed by atoms with Gasteiger partial charge in [0.2, 0.25) is 11.5 Å². The molecule has 0 aliphatic carbocycles. The Morgan fingerprint density at radius 1 is 1.38 bits per heavy atom. The molecule has 0 saturated carbocycles. The lowest BCUT2D eigenvalue weighted by Gasteiger charge is -2.47. The highest BCUT2D eigenvalue weighted by Crippen LogP contribution is 2.72. The van der Waals surface area contributed by atoms with Crippen LogP contribution in [0.5, 0.6) is 0 Å². The molecular formula is C22H25NO6. The Kier molecular flexibility index (Phi) is 3.25. The van der Waals surface area contributed by atoms with Gasteiger partial charge in [-0.25, -0.2) is 4.79 Å². The molecule has 0 N–H and O–H groups in total. The first-order chi connectivity index (χ1) is 13.8. The zero-order chi connectivity index (χ0) is 20.3. The molecule has 5 saturated heterocycles. The van der Waals surface area contributed by atoms with E-state index in [1.54, 1.807) is 27.0 Å². The molecule has 29 heavy (non-hydrogen) atoms. The largest absolute Gasteiger partial charge is 0.492 e. The zero-order valence-electron chi connectivity index (χ0n) is 17.1. The van der Waals surface area contributed by atoms with Gasteiger partial charge in [0.25, 0.3) is 0 Å². The summed E-state index contributed by atoms with van der Waals surface area (Å²) in [7, 11) is 1.54. The number of carbonyl (C=O) groups is 2. The van der Waals surface area contributed by atoms with Crippen molar-refractivity contribution >= 4 is 11.8 Å². The zero-order valence-corrected chi connectivity index (χ0v) is 17.1. The minimum Gasteiger partial charge on any atom is -0.492 e. The predicted molar refractivity (Wildman–Crippen MR) is 99.9 cm³/mol. The summed E-state index contributed by atoms with van der Waals surface area (Å²) in [6.07, 6.45) is 5.69. The fraction of sp³-hybridized carbons (Fsp3) is 0.636. The van der Waals surface area contributed by atoms with E-state index in [0.29, 0.717) is 28.9 Å². The first-order valence-electron chi connectivity index (χ1n) is 10.4. The maximum absolute atomic E-state index is 12.2. The maximum atomic E-state index is 12.2. The fourth-order valence-corrected chi connectivity index (χ4v) is 7.16. The van der Waals surface area contributed by atoms with Crippen molar-refractivity contribution < 1.29 is 28.5 Å². The highest BCUT2D eigenvalue weighted by Gasteiger charge is 2.83. The molecule has 6 rings (SSSR count). The van der Waals surface area contributed by atoms with Crippen LogP contribution in [-0.2, 0) is 28.5 Å². The van der Waals surface area contributed by atoms with Gasteiger partial charge in [-0.3, -0.25) is 9.69 Å². The summed E-state index contributed by atoms with van der Waals surface area (Å²) in [6, 6.07) is 0.324. The molecule has 0 aromatic carbocycles. The van der Waals surface area contributed by atoms with Crippen molar-refractivity contribution in [1.29, 1.82) is 0 Å². The van der Waals surface area contributed by atoms with Crippen LogP contribution < -0.4 is 0 Å². The normalized spacial score (nSPS) is 51.2. The number of methoxy groups -OCH3 is 1. The minimum atomic E-state index is -0.731. The van der Waals surface area contributed by atoms with Crippen LogP contribution in [0.15, 0.2) is 35.0 Å². The molecule has 0 amide bonds. The van der Waals surface area contributed by atoms with Crippen LogP contribution in [0.4, 0.5) is 0 Å². The molecule has 0 aromatic heterocycles. The molecule has 154 valence electrons. The molecule has 5 bridgehead atoms. The van der Waals surface area contributed by atoms with Crippen LogP contribution >= 0.6 is 0 Å². The summed E-state index contributed by atoms with van der Waals surface area (Å²) >= 11 is 0. The molecule has 5 fully saturated rings. The van der Waals surface area contributed by atoms with E-state index in [1.165, 1.54) is 0 Å². The van der Waals surface area contributed by atoms with E-state index in [2.05, 4.69) is 17.9 Å². The number of fused-ring (bicyclic) bond motifs is 1. The number of rotatable bonds is 3. The maximum Gasteiger partial charge on any atom is 0.343 e. The number of hydrogen-bond acceptors (Lipinski definition) is 7. The van der Waals surface area contributed by atoms with Crippen molar-refractivity contribution in [3.05, 3.63) is 35.0 Å². The quantitative estimate of drug-likeness (QED) is 0.531. The lowest BCUT2D eigenvalue weighted by Crippen LogP contribution is -2.60. The van der Waals surface area contributed by atoms with Gasteiger partial charge in [-0.05, 0) is 32.8 Å². The van der Waals surface area contributed by atoms with Crippen LogP contribution in [0.3, 0.4) is 0 Å². The number of allylic oxidation sites excluding steroid dienone is 2. The van der Waals surface area contributed by atoms with Gasteiger partial charge in [-0.15, -0.1) is 0 Å². The van der Waals surface area contributed by atoms with E-state index in [0.717, 1.165) is 19.4 Å². The summed E-state index contributed by atoms with van der Waals surface area (Å²) in [5, 5.41) is 0. The lowest BCUT2D eigenvalue weighted by molar-refractivity contribution is -0.255. The molecule has 6 aliphatic rings. The van der Waals surface area contributed by atoms with E-state index in [4.69, 9.17) is 18.9 Å². The second-order valence-corrected chi connectivity index (χ2v) is 9.15. The molecular weight excluding hydrogens is 374 g/mol. The van der Waals surface area contributed by atoms with Crippen molar-refractivity contribution in [2.45, 2.75) is 57.1 Å². The Hall–Kier alpha value is -2.12. The average molecular weight is 399 g/mol. The smallest absolute Gasteiger partial charge is 0.343 e. The second kappa shape index (κ2) is 5.32. The van der Waals surface area contributed by atoms with Crippen LogP contribution in [0, 0.1) is 17.8 Å². The van der Waals surface area contributed by atoms with Gasteiger partial charge >= 0.3 is 5.97 Å². The Bertz CT molecular complexity index is 949. The number of nitrogens with zero attached hydrogens (tertiary/aromatic N) is 1. The fourth-order valence-electron chi connectivity index (χ4n) is 7.16. The molecule has 1 spiro atoms. The predicted octanol–water partition coefficient (Wildman–Crippen LogP) is 2.04. The summed E-state index contributed by atoms with van der Waals surface area (Å²) in [5.74, 6) is 0.769. The summed E-state index contributed by atoms with van der Waals surface area (Å²) < 4.78 is 24.3. The van der Waals surface area contributed by atoms with Crippen molar-refractivity contribution in [3.63, 3.8) is 0 Å². The Balaban J connectivity index is 1.48. The number of cyclic esters (lactones) is 1. The van der Waals surface area contributed by atoms with Crippen LogP contribution in [0.1, 0.15) is 33.6 Å². The monoisotopic (exact) mass is 399 g/mol. The number of ketones is 1. The van der Waals surface area contributed by atoms with Crippen LogP contribution in [0.25, 0.3) is 0 Å². The third kappa shape index (κ3) is 1.79. The number of piperidine rings is 1. The van der Waals surface area contributed by atoms with E-state index in [-0.39, 0.29) is 35.2 Å². The average Bonchev–Trinajstić information content (AvgIpc) is 3.38. The summed E-state index contributed by atoms with van der Waals surface area (Å²) in [4.78, 5) is 26.4. The van der Waals surface area contributed by atoms with Gasteiger partial charge in [-0.2, -0.15) is 0 Å². The van der Waals surface area contributed by atoms with Crippen LogP contribution in [-0.4, -0.2) is 53.8 Å². The molecule has 0 aromatic rings. The number of hydrogen-bond donors (Lipinski definition) is 0. The van der Waals surface area contributed by atoms with Crippen molar-refractivity contribution in [2.75, 3.05) is 13.7 Å². The van der Waals surface area contributed by atoms with Gasteiger partial charge < -0.3 is 18.9 Å². The highest BCUT2D eigenvalue weighted by molar-refractivity contribution is 5.93. The molecule has 7 nitrogen and oxygen atoms in total. The van der Waals surface area contributed by atoms with Gasteiger partial charge in [0.05, 0.1) is 36.2 Å². The van der Waals surface area contributed by atoms with Gasteiger partial charge in [0, 0.05) is 18.5 Å². The number of carbonyl (C=O) groups excluding carboxylic acids is 2. The van der Waals surface area contributed by atoms with Crippen molar-refractivity contribution in [1.82, 2.24) is 4.90 Å². The first kappa shape index (κ1) is 17.7. The Morgan fingerprint density at radius 3 is 2.90 bits per heavy atom. The number of esters is 1. The van der Waals surface area contributed by atoms with E-state index in [1.807, 2.05) is 0 Å². The molecule has 8 atom stereocenters. The van der Waals surface area contributed by atoms with Gasteiger partial charge in [-0.1, -0.05) is 13.0 Å². The van der Waals surface area contributed by atoms with E-state index < -0.39 is 11.8 Å². The van der Waals surface area contributed by atoms with Crippen LogP contribution in [0.2, 0.25) is 0 Å². The summed E-state index contributed by atoms with van der Waals surface area (Å²) in [6.45, 7) is 6.41. The Morgan fingerprint density at radius 2 is 2.17 bits per heavy atom. The minimum absolute atomic E-state index is 0.0219. The molecule has 1 unspecified atom stereocenters. The van der Waals surface area contributed by atoms with Crippen molar-refractivity contribution in [3.8, 4) is 0 Å². The molecule has 0 radical (unpaired) electrons. The Labute approximate surface area is 169 Å². The highest BCUT2D eigenvalue weighted by atomic mass is 16.7. The standard InChI is InChI=1S/C22H25NO6/c1-10(24)5-7-21-14-6-8-23(21)13-9-15(21)28-22(14)16(13)11(2)18(29-22)19-17(26-4)12(3)20(25)27-19/h5,7,11,13-16H,6,8-9H2,1-4H3/b7-5+,19-18+/t11-,13-,14-,15-,16+,21+,22+/m0/s1. The molecule has 6 heterocycles. The SMILES string of the molecule is COC1=C(C)C(=O)O/C1=C1/O[C@@]23O[C@H]4C[C@@H]([C@H]2[C@@H]1C)N1CC[C@H]3[C@]41/C=C/C(C)=O. The molecule has 6 aliphatic heterocycles. The molecule has 7 heteroatoms. The summed E-state index contributed by atoms with van der Waals surface area (Å²) in [5.41, 5.74) is 0.188. The lowest BCUT2D eigenvalue weighted by atomic mass is 9.71. The van der Waals surface area contributed by atoms with Gasteiger partial charge in [0.15, 0.2) is 11.5 Å².